The van der Waals surface area contributed by atoms with Gasteiger partial charge in [-0.15, -0.1) is 11.3 Å². The van der Waals surface area contributed by atoms with E-state index in [1.54, 1.807) is 0 Å². The Labute approximate surface area is 112 Å². The Hall–Kier alpha value is -1.14. The molecule has 0 saturated carbocycles. The molecule has 6 heteroatoms. The molecule has 1 unspecified atom stereocenters. The van der Waals surface area contributed by atoms with Crippen LogP contribution in [0.5, 0.6) is 0 Å². The minimum absolute atomic E-state index is 0.0272. The molecule has 1 heterocycles. The number of hydrogen-bond acceptors (Lipinski definition) is 4. The fourth-order valence-electron chi connectivity index (χ4n) is 1.54. The second-order valence-electron chi connectivity index (χ2n) is 4.46. The van der Waals surface area contributed by atoms with Crippen molar-refractivity contribution in [2.75, 3.05) is 11.9 Å². The van der Waals surface area contributed by atoms with Crippen molar-refractivity contribution in [1.29, 1.82) is 0 Å². The molecule has 18 heavy (non-hydrogen) atoms. The highest BCUT2D eigenvalue weighted by Crippen LogP contribution is 2.15. The van der Waals surface area contributed by atoms with Gasteiger partial charge in [-0.2, -0.15) is 0 Å². The van der Waals surface area contributed by atoms with Crippen molar-refractivity contribution in [2.24, 2.45) is 5.92 Å². The molecule has 5 nitrogen and oxygen atoms in total. The second kappa shape index (κ2) is 7.33. The van der Waals surface area contributed by atoms with E-state index in [0.29, 0.717) is 11.6 Å². The molecule has 0 spiro atoms. The average molecular weight is 271 g/mol. The molecule has 0 radical (unpaired) electrons. The lowest BCUT2D eigenvalue weighted by Crippen LogP contribution is -2.41. The highest BCUT2D eigenvalue weighted by atomic mass is 32.1. The van der Waals surface area contributed by atoms with Crippen LogP contribution in [0, 0.1) is 5.92 Å². The monoisotopic (exact) mass is 271 g/mol. The Morgan fingerprint density at radius 2 is 2.28 bits per heavy atom. The maximum Gasteiger partial charge on any atom is 0.321 e. The number of nitrogens with zero attached hydrogens (tertiary/aromatic N) is 1. The van der Waals surface area contributed by atoms with Gasteiger partial charge in [-0.25, -0.2) is 9.78 Å². The highest BCUT2D eigenvalue weighted by molar-refractivity contribution is 7.13. The zero-order valence-electron chi connectivity index (χ0n) is 11.1. The maximum absolute atomic E-state index is 11.8. The van der Waals surface area contributed by atoms with E-state index < -0.39 is 0 Å². The van der Waals surface area contributed by atoms with Gasteiger partial charge in [0.05, 0.1) is 5.69 Å². The molecule has 0 bridgehead atoms. The van der Waals surface area contributed by atoms with Crippen molar-refractivity contribution in [3.63, 3.8) is 0 Å². The van der Waals surface area contributed by atoms with Gasteiger partial charge in [-0.1, -0.05) is 20.8 Å². The van der Waals surface area contributed by atoms with Gasteiger partial charge in [0.1, 0.15) is 0 Å². The predicted octanol–water partition coefficient (Wildman–Crippen LogP) is 2.23. The van der Waals surface area contributed by atoms with Gasteiger partial charge in [-0.3, -0.25) is 5.32 Å². The minimum atomic E-state index is -0.265. The van der Waals surface area contributed by atoms with Gasteiger partial charge in [0.15, 0.2) is 5.13 Å². The third-order valence-electron chi connectivity index (χ3n) is 2.70. The van der Waals surface area contributed by atoms with Crippen LogP contribution in [0.2, 0.25) is 0 Å². The number of anilines is 1. The van der Waals surface area contributed by atoms with E-state index in [4.69, 9.17) is 5.11 Å². The zero-order valence-corrected chi connectivity index (χ0v) is 11.9. The van der Waals surface area contributed by atoms with Crippen LogP contribution in [0.1, 0.15) is 32.9 Å². The fourth-order valence-corrected chi connectivity index (χ4v) is 2.33. The standard InChI is InChI=1S/C12H21N3O2S/c1-4-9-7-18-12(13-9)15-11(17)14-10(5-6-16)8(2)3/h7-8,10,16H,4-6H2,1-3H3,(H2,13,14,15,17). The van der Waals surface area contributed by atoms with Crippen molar-refractivity contribution in [1.82, 2.24) is 10.3 Å². The Morgan fingerprint density at radius 3 is 2.78 bits per heavy atom. The minimum Gasteiger partial charge on any atom is -0.396 e. The molecule has 0 aliphatic heterocycles. The summed E-state index contributed by atoms with van der Waals surface area (Å²) < 4.78 is 0. The summed E-state index contributed by atoms with van der Waals surface area (Å²) in [6.45, 7) is 6.12. The van der Waals surface area contributed by atoms with Gasteiger partial charge in [-0.05, 0) is 18.8 Å². The molecular weight excluding hydrogens is 250 g/mol. The number of amides is 2. The first-order chi connectivity index (χ1) is 8.56. The summed E-state index contributed by atoms with van der Waals surface area (Å²) >= 11 is 1.42. The number of aryl methyl sites for hydroxylation is 1. The molecule has 102 valence electrons. The van der Waals surface area contributed by atoms with Gasteiger partial charge in [0.2, 0.25) is 0 Å². The number of thiazole rings is 1. The fraction of sp³-hybridized carbons (Fsp3) is 0.667. The van der Waals surface area contributed by atoms with E-state index in [1.807, 2.05) is 26.2 Å². The van der Waals surface area contributed by atoms with Crippen LogP contribution in [0.15, 0.2) is 5.38 Å². The molecule has 1 atom stereocenters. The van der Waals surface area contributed by atoms with Gasteiger partial charge >= 0.3 is 6.03 Å². The van der Waals surface area contributed by atoms with Crippen LogP contribution in [0.4, 0.5) is 9.93 Å². The van der Waals surface area contributed by atoms with Crippen LogP contribution in [0.25, 0.3) is 0 Å². The normalized spacial score (nSPS) is 12.5. The highest BCUT2D eigenvalue weighted by Gasteiger charge is 2.16. The molecular formula is C12H21N3O2S. The first-order valence-corrected chi connectivity index (χ1v) is 7.07. The number of nitrogens with one attached hydrogen (secondary N) is 2. The number of carbonyl (C=O) groups is 1. The molecule has 0 aliphatic carbocycles. The van der Waals surface area contributed by atoms with E-state index in [2.05, 4.69) is 15.6 Å². The summed E-state index contributed by atoms with van der Waals surface area (Å²) in [7, 11) is 0. The quantitative estimate of drug-likeness (QED) is 0.743. The van der Waals surface area contributed by atoms with Gasteiger partial charge < -0.3 is 10.4 Å². The second-order valence-corrected chi connectivity index (χ2v) is 5.32. The van der Waals surface area contributed by atoms with E-state index in [-0.39, 0.29) is 24.6 Å². The molecule has 1 rings (SSSR count). The largest absolute Gasteiger partial charge is 0.396 e. The van der Waals surface area contributed by atoms with Crippen LogP contribution < -0.4 is 10.6 Å². The Morgan fingerprint density at radius 1 is 1.56 bits per heavy atom. The summed E-state index contributed by atoms with van der Waals surface area (Å²) in [5.74, 6) is 0.283. The predicted molar refractivity (Wildman–Crippen MR) is 74.0 cm³/mol. The smallest absolute Gasteiger partial charge is 0.321 e. The Bertz CT molecular complexity index is 379. The van der Waals surface area contributed by atoms with Crippen molar-refractivity contribution in [2.45, 2.75) is 39.7 Å². The van der Waals surface area contributed by atoms with Crippen molar-refractivity contribution >= 4 is 22.5 Å². The van der Waals surface area contributed by atoms with Crippen molar-refractivity contribution in [3.05, 3.63) is 11.1 Å². The number of hydrogen-bond donors (Lipinski definition) is 3. The van der Waals surface area contributed by atoms with E-state index in [1.165, 1.54) is 11.3 Å². The molecule has 0 aliphatic rings. The third-order valence-corrected chi connectivity index (χ3v) is 3.50. The topological polar surface area (TPSA) is 74.2 Å². The lowest BCUT2D eigenvalue weighted by Gasteiger charge is -2.21. The summed E-state index contributed by atoms with van der Waals surface area (Å²) in [6, 6.07) is -0.292. The Kier molecular flexibility index (Phi) is 6.07. The van der Waals surface area contributed by atoms with Crippen molar-refractivity contribution in [3.8, 4) is 0 Å². The number of rotatable bonds is 6. The number of aromatic nitrogens is 1. The molecule has 3 N–H and O–H groups in total. The molecule has 0 fully saturated rings. The number of aliphatic hydroxyl groups excluding tert-OH is 1. The van der Waals surface area contributed by atoms with E-state index in [0.717, 1.165) is 12.1 Å². The summed E-state index contributed by atoms with van der Waals surface area (Å²) in [5.41, 5.74) is 0.978. The first-order valence-electron chi connectivity index (χ1n) is 6.19. The van der Waals surface area contributed by atoms with E-state index in [9.17, 15) is 4.79 Å². The molecule has 1 aromatic heterocycles. The van der Waals surface area contributed by atoms with Gasteiger partial charge in [0, 0.05) is 18.0 Å². The van der Waals surface area contributed by atoms with Crippen molar-refractivity contribution < 1.29 is 9.90 Å². The SMILES string of the molecule is CCc1csc(NC(=O)NC(CCO)C(C)C)n1. The summed E-state index contributed by atoms with van der Waals surface area (Å²) in [6.07, 6.45) is 1.42. The lowest BCUT2D eigenvalue weighted by atomic mass is 10.0. The average Bonchev–Trinajstić information content (AvgIpc) is 2.76. The maximum atomic E-state index is 11.8. The number of urea groups is 1. The third kappa shape index (κ3) is 4.62. The van der Waals surface area contributed by atoms with E-state index >= 15 is 0 Å². The zero-order chi connectivity index (χ0) is 13.5. The Balaban J connectivity index is 2.49. The molecule has 0 aromatic carbocycles. The summed E-state index contributed by atoms with van der Waals surface area (Å²) in [5, 5.41) is 17.0. The molecule has 2 amide bonds. The number of carbonyl (C=O) groups excluding carboxylic acids is 1. The molecule has 1 aromatic rings. The van der Waals surface area contributed by atoms with Crippen LogP contribution in [-0.2, 0) is 6.42 Å². The lowest BCUT2D eigenvalue weighted by molar-refractivity contribution is 0.227. The van der Waals surface area contributed by atoms with Crippen LogP contribution >= 0.6 is 11.3 Å². The van der Waals surface area contributed by atoms with Gasteiger partial charge in [0.25, 0.3) is 0 Å². The number of aliphatic hydroxyl groups is 1. The molecule has 0 saturated heterocycles. The first kappa shape index (κ1) is 14.9. The summed E-state index contributed by atoms with van der Waals surface area (Å²) in [4.78, 5) is 16.0. The van der Waals surface area contributed by atoms with Crippen LogP contribution in [0.3, 0.4) is 0 Å². The van der Waals surface area contributed by atoms with Crippen LogP contribution in [-0.4, -0.2) is 28.8 Å².